The lowest BCUT2D eigenvalue weighted by molar-refractivity contribution is 0.243. The van der Waals surface area contributed by atoms with Gasteiger partial charge in [-0.2, -0.15) is 0 Å². The second-order valence-electron chi connectivity index (χ2n) is 6.14. The molecule has 2 N–H and O–H groups in total. The molecule has 10 heteroatoms. The Morgan fingerprint density at radius 3 is 2.00 bits per heavy atom. The predicted octanol–water partition coefficient (Wildman–Crippen LogP) is 6.96. The first kappa shape index (κ1) is 21.3. The Labute approximate surface area is 172 Å². The topological polar surface area (TPSA) is 41.5 Å². The molecule has 4 unspecified atom stereocenters. The van der Waals surface area contributed by atoms with E-state index in [1.54, 1.807) is 0 Å². The van der Waals surface area contributed by atoms with E-state index in [4.69, 9.17) is 74.3 Å². The lowest BCUT2D eigenvalue weighted by atomic mass is 9.80. The van der Waals surface area contributed by atoms with Gasteiger partial charge in [-0.1, -0.05) is 71.9 Å². The number of rotatable bonds is 4. The quantitative estimate of drug-likeness (QED) is 0.283. The molecule has 24 heavy (non-hydrogen) atoms. The summed E-state index contributed by atoms with van der Waals surface area (Å²) in [5, 5.41) is 2.99. The molecular weight excluding hydrogens is 454 g/mol. The van der Waals surface area contributed by atoms with Crippen LogP contribution in [-0.4, -0.2) is 10.9 Å². The molecule has 1 aromatic rings. The lowest BCUT2D eigenvalue weighted by Crippen LogP contribution is -2.38. The molecule has 0 radical (unpaired) electrons. The highest BCUT2D eigenvalue weighted by Crippen LogP contribution is 2.53. The highest BCUT2D eigenvalue weighted by Gasteiger charge is 2.32. The van der Waals surface area contributed by atoms with Crippen molar-refractivity contribution in [2.45, 2.75) is 39.2 Å². The van der Waals surface area contributed by atoms with E-state index in [0.29, 0.717) is 11.8 Å². The average Bonchev–Trinajstić information content (AvgIpc) is 2.50. The van der Waals surface area contributed by atoms with E-state index in [1.807, 2.05) is 0 Å². The first-order valence-electron chi connectivity index (χ1n) is 7.35. The van der Waals surface area contributed by atoms with Crippen LogP contribution in [0.25, 0.3) is 0 Å². The highest BCUT2D eigenvalue weighted by molar-refractivity contribution is 8.08. The van der Waals surface area contributed by atoms with Crippen LogP contribution in [0.1, 0.15) is 33.1 Å². The van der Waals surface area contributed by atoms with Crippen molar-refractivity contribution in [2.75, 3.05) is 0 Å². The van der Waals surface area contributed by atoms with Crippen molar-refractivity contribution < 1.29 is 9.42 Å². The molecule has 1 fully saturated rings. The Morgan fingerprint density at radius 2 is 1.50 bits per heavy atom. The van der Waals surface area contributed by atoms with Crippen molar-refractivity contribution in [3.8, 4) is 5.75 Å². The molecule has 0 heterocycles. The van der Waals surface area contributed by atoms with Gasteiger partial charge in [-0.25, -0.2) is 5.09 Å². The maximum absolute atomic E-state index is 10.6. The van der Waals surface area contributed by atoms with Crippen LogP contribution >= 0.6 is 64.6 Å². The lowest BCUT2D eigenvalue weighted by Gasteiger charge is -2.35. The van der Waals surface area contributed by atoms with Crippen LogP contribution in [0.4, 0.5) is 0 Å². The van der Waals surface area contributed by atoms with Crippen LogP contribution in [-0.2, 0) is 11.8 Å². The highest BCUT2D eigenvalue weighted by atomic mass is 35.5. The van der Waals surface area contributed by atoms with E-state index in [2.05, 4.69) is 18.9 Å². The van der Waals surface area contributed by atoms with E-state index < -0.39 is 6.64 Å². The zero-order valence-corrected chi connectivity index (χ0v) is 18.4. The van der Waals surface area contributed by atoms with Gasteiger partial charge in [0.1, 0.15) is 10.0 Å². The Balaban J connectivity index is 2.22. The summed E-state index contributed by atoms with van der Waals surface area (Å²) in [6.07, 6.45) is 3.04. The van der Waals surface area contributed by atoms with E-state index in [1.165, 1.54) is 0 Å². The van der Waals surface area contributed by atoms with Gasteiger partial charge >= 0.3 is 6.64 Å². The molecule has 0 aliphatic heterocycles. The zero-order valence-electron chi connectivity index (χ0n) is 13.0. The van der Waals surface area contributed by atoms with E-state index in [0.717, 1.165) is 19.3 Å². The van der Waals surface area contributed by atoms with Crippen LogP contribution in [0, 0.1) is 11.8 Å². The van der Waals surface area contributed by atoms with E-state index >= 15 is 0 Å². The summed E-state index contributed by atoms with van der Waals surface area (Å²) in [5.41, 5.74) is 0. The average molecular weight is 472 g/mol. The standard InChI is InChI=1S/C14H17Cl5NO2PS/c1-6-3-4-8(7(2)5-6)20-23(21,24)22-14-12(18)10(16)9(15)11(17)13(14)19/h6-8H,3-5H2,1-2H3,(H2,20,21,24). The van der Waals surface area contributed by atoms with Crippen LogP contribution in [0.5, 0.6) is 5.75 Å². The summed E-state index contributed by atoms with van der Waals surface area (Å²) in [7, 11) is 0. The Hall–Kier alpha value is 1.04. The smallest absolute Gasteiger partial charge is 0.310 e. The van der Waals surface area contributed by atoms with Crippen molar-refractivity contribution in [2.24, 2.45) is 11.8 Å². The third-order valence-corrected chi connectivity index (χ3v) is 8.01. The van der Waals surface area contributed by atoms with E-state index in [-0.39, 0.29) is 36.9 Å². The molecule has 1 aliphatic rings. The van der Waals surface area contributed by atoms with Gasteiger partial charge in [0.05, 0.1) is 15.1 Å². The molecule has 4 atom stereocenters. The van der Waals surface area contributed by atoms with Crippen molar-refractivity contribution in [1.29, 1.82) is 0 Å². The number of benzene rings is 1. The molecule has 1 saturated carbocycles. The van der Waals surface area contributed by atoms with Crippen molar-refractivity contribution in [1.82, 2.24) is 5.09 Å². The third kappa shape index (κ3) is 4.85. The molecule has 3 nitrogen and oxygen atoms in total. The van der Waals surface area contributed by atoms with Crippen molar-refractivity contribution in [3.05, 3.63) is 25.1 Å². The molecule has 0 aromatic heterocycles. The van der Waals surface area contributed by atoms with Crippen LogP contribution in [0.15, 0.2) is 0 Å². The summed E-state index contributed by atoms with van der Waals surface area (Å²) in [5.74, 6) is 0.969. The van der Waals surface area contributed by atoms with Crippen molar-refractivity contribution >= 4 is 76.5 Å². The maximum Gasteiger partial charge on any atom is 0.310 e. The van der Waals surface area contributed by atoms with Crippen LogP contribution < -0.4 is 9.61 Å². The first-order valence-corrected chi connectivity index (χ1v) is 11.9. The fourth-order valence-electron chi connectivity index (χ4n) is 2.88. The van der Waals surface area contributed by atoms with Gasteiger partial charge in [0.25, 0.3) is 0 Å². The minimum absolute atomic E-state index is 0.00223. The Bertz CT molecular complexity index is 661. The van der Waals surface area contributed by atoms with Gasteiger partial charge < -0.3 is 9.42 Å². The van der Waals surface area contributed by atoms with Gasteiger partial charge in [-0.3, -0.25) is 0 Å². The van der Waals surface area contributed by atoms with E-state index in [9.17, 15) is 4.89 Å². The third-order valence-electron chi connectivity index (χ3n) is 4.15. The molecular formula is C14H17Cl5NO2PS. The fraction of sp³-hybridized carbons (Fsp3) is 0.571. The second kappa shape index (κ2) is 8.37. The largest absolute Gasteiger partial charge is 0.430 e. The predicted molar refractivity (Wildman–Crippen MR) is 108 cm³/mol. The monoisotopic (exact) mass is 469 g/mol. The normalized spacial score (nSPS) is 26.9. The summed E-state index contributed by atoms with van der Waals surface area (Å²) in [4.78, 5) is 10.6. The van der Waals surface area contributed by atoms with Gasteiger partial charge in [0, 0.05) is 6.04 Å². The zero-order chi connectivity index (χ0) is 18.2. The summed E-state index contributed by atoms with van der Waals surface area (Å²) >= 11 is 35.4. The molecule has 136 valence electrons. The molecule has 1 aliphatic carbocycles. The second-order valence-corrected chi connectivity index (χ2v) is 11.0. The van der Waals surface area contributed by atoms with Crippen molar-refractivity contribution in [3.63, 3.8) is 0 Å². The van der Waals surface area contributed by atoms with Gasteiger partial charge in [0.15, 0.2) is 5.75 Å². The molecule has 0 saturated heterocycles. The Morgan fingerprint density at radius 1 is 1.00 bits per heavy atom. The molecule has 0 amide bonds. The summed E-state index contributed by atoms with van der Waals surface area (Å²) in [6, 6.07) is 0.0628. The van der Waals surface area contributed by atoms with Crippen LogP contribution in [0.3, 0.4) is 0 Å². The Kier molecular flexibility index (Phi) is 7.45. The van der Waals surface area contributed by atoms with Gasteiger partial charge in [-0.15, -0.1) is 0 Å². The minimum atomic E-state index is -3.39. The molecule has 0 bridgehead atoms. The SMILES string of the molecule is CC1CCC(NP(O)(=S)Oc2c(Cl)c(Cl)c(Cl)c(Cl)c2Cl)C(C)C1. The number of halogens is 5. The molecule has 0 spiro atoms. The number of nitrogens with one attached hydrogen (secondary N) is 1. The summed E-state index contributed by atoms with van der Waals surface area (Å²) in [6.45, 7) is 0.947. The summed E-state index contributed by atoms with van der Waals surface area (Å²) < 4.78 is 5.54. The maximum atomic E-state index is 10.6. The van der Waals surface area contributed by atoms with Gasteiger partial charge in [-0.05, 0) is 42.9 Å². The number of hydrogen-bond donors (Lipinski definition) is 2. The minimum Gasteiger partial charge on any atom is -0.430 e. The first-order chi connectivity index (χ1) is 11.0. The van der Waals surface area contributed by atoms with Crippen LogP contribution in [0.2, 0.25) is 25.1 Å². The molecule has 2 rings (SSSR count). The number of hydrogen-bond acceptors (Lipinski definition) is 2. The molecule has 1 aromatic carbocycles. The van der Waals surface area contributed by atoms with Gasteiger partial charge in [0.2, 0.25) is 0 Å². The fourth-order valence-corrected chi connectivity index (χ4v) is 6.10.